The second-order valence-corrected chi connectivity index (χ2v) is 6.08. The van der Waals surface area contributed by atoms with Crippen LogP contribution in [0.4, 0.5) is 0 Å². The van der Waals surface area contributed by atoms with E-state index in [4.69, 9.17) is 4.74 Å². The van der Waals surface area contributed by atoms with Gasteiger partial charge in [-0.05, 0) is 56.8 Å². The fraction of sp³-hybridized carbons (Fsp3) is 0.923. The summed E-state index contributed by atoms with van der Waals surface area (Å²) in [6, 6.07) is 0. The number of esters is 1. The minimum atomic E-state index is 0.0155. The predicted octanol–water partition coefficient (Wildman–Crippen LogP) is 2.52. The third-order valence-corrected chi connectivity index (χ3v) is 5.55. The molecule has 0 radical (unpaired) electrons. The third kappa shape index (κ3) is 0.896. The van der Waals surface area contributed by atoms with Gasteiger partial charge in [0.2, 0.25) is 0 Å². The maximum atomic E-state index is 12.0. The summed E-state index contributed by atoms with van der Waals surface area (Å²) in [5, 5.41) is 0. The van der Waals surface area contributed by atoms with E-state index in [1.54, 1.807) is 0 Å². The van der Waals surface area contributed by atoms with Crippen LogP contribution in [0.5, 0.6) is 0 Å². The predicted molar refractivity (Wildman–Crippen MR) is 55.1 cm³/mol. The molecule has 82 valence electrons. The molecule has 4 atom stereocenters. The van der Waals surface area contributed by atoms with Crippen LogP contribution in [-0.2, 0) is 9.53 Å². The first kappa shape index (κ1) is 8.60. The molecule has 0 aromatic heterocycles. The van der Waals surface area contributed by atoms with Crippen molar-refractivity contribution in [1.82, 2.24) is 0 Å². The lowest BCUT2D eigenvalue weighted by Gasteiger charge is -2.33. The molecule has 15 heavy (non-hydrogen) atoms. The molecule has 4 aliphatic rings. The molecule has 4 rings (SSSR count). The first-order chi connectivity index (χ1) is 7.30. The van der Waals surface area contributed by atoms with Crippen LogP contribution in [0.3, 0.4) is 0 Å². The Labute approximate surface area is 90.4 Å². The largest absolute Gasteiger partial charge is 0.459 e. The van der Waals surface area contributed by atoms with Crippen molar-refractivity contribution in [3.8, 4) is 0 Å². The Morgan fingerprint density at radius 3 is 2.67 bits per heavy atom. The van der Waals surface area contributed by atoms with Crippen LogP contribution in [-0.4, -0.2) is 11.6 Å². The first-order valence-corrected chi connectivity index (χ1v) is 6.53. The lowest BCUT2D eigenvalue weighted by molar-refractivity contribution is -0.152. The van der Waals surface area contributed by atoms with Crippen LogP contribution in [0.25, 0.3) is 0 Å². The van der Waals surface area contributed by atoms with E-state index in [0.29, 0.717) is 17.8 Å². The van der Waals surface area contributed by atoms with Gasteiger partial charge in [0.25, 0.3) is 0 Å². The van der Waals surface area contributed by atoms with Crippen LogP contribution in [0, 0.1) is 23.7 Å². The number of ether oxygens (including phenoxy) is 1. The lowest BCUT2D eigenvalue weighted by Crippen LogP contribution is -2.37. The quantitative estimate of drug-likeness (QED) is 0.569. The van der Waals surface area contributed by atoms with Gasteiger partial charge in [0, 0.05) is 5.92 Å². The van der Waals surface area contributed by atoms with Crippen LogP contribution >= 0.6 is 0 Å². The van der Waals surface area contributed by atoms with Gasteiger partial charge in [-0.2, -0.15) is 0 Å². The second-order valence-electron chi connectivity index (χ2n) is 6.08. The molecule has 3 saturated carbocycles. The summed E-state index contributed by atoms with van der Waals surface area (Å²) in [7, 11) is 0. The monoisotopic (exact) mass is 206 g/mol. The zero-order valence-corrected chi connectivity index (χ0v) is 9.08. The minimum Gasteiger partial charge on any atom is -0.459 e. The van der Waals surface area contributed by atoms with Gasteiger partial charge in [-0.1, -0.05) is 0 Å². The van der Waals surface area contributed by atoms with E-state index < -0.39 is 0 Å². The topological polar surface area (TPSA) is 26.3 Å². The van der Waals surface area contributed by atoms with Crippen LogP contribution < -0.4 is 0 Å². The van der Waals surface area contributed by atoms with Gasteiger partial charge < -0.3 is 4.74 Å². The molecule has 1 spiro atoms. The van der Waals surface area contributed by atoms with Gasteiger partial charge in [0.15, 0.2) is 0 Å². The zero-order chi connectivity index (χ0) is 10.0. The van der Waals surface area contributed by atoms with E-state index in [9.17, 15) is 4.79 Å². The molecule has 2 bridgehead atoms. The maximum Gasteiger partial charge on any atom is 0.310 e. The standard InChI is InChI=1S/C13H18O2/c14-12-10-8-3-4-9(7-8)11(10)13(15-12)5-1-2-6-13/h8-11H,1-7H2/t8-,9+,10+,11-/m0/s1. The molecule has 0 aromatic carbocycles. The summed E-state index contributed by atoms with van der Waals surface area (Å²) in [4.78, 5) is 12.0. The van der Waals surface area contributed by atoms with Crippen LogP contribution in [0.1, 0.15) is 44.9 Å². The number of hydrogen-bond donors (Lipinski definition) is 0. The molecule has 0 aromatic rings. The summed E-state index contributed by atoms with van der Waals surface area (Å²) in [6.45, 7) is 0. The highest BCUT2D eigenvalue weighted by molar-refractivity contribution is 5.77. The normalized spacial score (nSPS) is 50.0. The fourth-order valence-electron chi connectivity index (χ4n) is 5.13. The zero-order valence-electron chi connectivity index (χ0n) is 9.08. The van der Waals surface area contributed by atoms with Gasteiger partial charge >= 0.3 is 5.97 Å². The number of hydrogen-bond acceptors (Lipinski definition) is 2. The van der Waals surface area contributed by atoms with Crippen molar-refractivity contribution in [3.05, 3.63) is 0 Å². The Balaban J connectivity index is 1.77. The minimum absolute atomic E-state index is 0.0155. The number of carbonyl (C=O) groups excluding carboxylic acids is 1. The van der Waals surface area contributed by atoms with Crippen molar-refractivity contribution in [2.45, 2.75) is 50.5 Å². The molecule has 3 aliphatic carbocycles. The van der Waals surface area contributed by atoms with Crippen molar-refractivity contribution in [2.75, 3.05) is 0 Å². The highest BCUT2D eigenvalue weighted by Gasteiger charge is 2.65. The van der Waals surface area contributed by atoms with Crippen molar-refractivity contribution in [1.29, 1.82) is 0 Å². The smallest absolute Gasteiger partial charge is 0.310 e. The first-order valence-electron chi connectivity index (χ1n) is 6.53. The number of fused-ring (bicyclic) bond motifs is 6. The summed E-state index contributed by atoms with van der Waals surface area (Å²) in [6.07, 6.45) is 8.83. The molecule has 0 N–H and O–H groups in total. The van der Waals surface area contributed by atoms with Crippen molar-refractivity contribution < 1.29 is 9.53 Å². The van der Waals surface area contributed by atoms with E-state index >= 15 is 0 Å². The fourth-order valence-corrected chi connectivity index (χ4v) is 5.13. The number of rotatable bonds is 0. The molecule has 4 fully saturated rings. The Morgan fingerprint density at radius 1 is 1.13 bits per heavy atom. The maximum absolute atomic E-state index is 12.0. The van der Waals surface area contributed by atoms with Crippen molar-refractivity contribution in [3.63, 3.8) is 0 Å². The Morgan fingerprint density at radius 2 is 1.87 bits per heavy atom. The molecule has 2 nitrogen and oxygen atoms in total. The third-order valence-electron chi connectivity index (χ3n) is 5.55. The molecular formula is C13H18O2. The average molecular weight is 206 g/mol. The molecule has 1 saturated heterocycles. The number of carbonyl (C=O) groups is 1. The van der Waals surface area contributed by atoms with E-state index in [-0.39, 0.29) is 11.6 Å². The van der Waals surface area contributed by atoms with Gasteiger partial charge in [-0.3, -0.25) is 4.79 Å². The SMILES string of the molecule is O=C1OC2(CCCC2)[C@H]2[C@@H]3CC[C@@H](C3)[C@@H]12. The average Bonchev–Trinajstić information content (AvgIpc) is 2.93. The summed E-state index contributed by atoms with van der Waals surface area (Å²) in [5.74, 6) is 2.60. The highest BCUT2D eigenvalue weighted by Crippen LogP contribution is 2.63. The molecule has 2 heteroatoms. The van der Waals surface area contributed by atoms with E-state index in [1.165, 1.54) is 32.1 Å². The van der Waals surface area contributed by atoms with Gasteiger partial charge in [-0.15, -0.1) is 0 Å². The lowest BCUT2D eigenvalue weighted by atomic mass is 9.71. The molecule has 1 aliphatic heterocycles. The molecular weight excluding hydrogens is 188 g/mol. The van der Waals surface area contributed by atoms with Gasteiger partial charge in [0.1, 0.15) is 5.60 Å². The van der Waals surface area contributed by atoms with Gasteiger partial charge in [0.05, 0.1) is 5.92 Å². The van der Waals surface area contributed by atoms with Gasteiger partial charge in [-0.25, -0.2) is 0 Å². The second kappa shape index (κ2) is 2.58. The molecule has 0 unspecified atom stereocenters. The van der Waals surface area contributed by atoms with Crippen LogP contribution in [0.2, 0.25) is 0 Å². The van der Waals surface area contributed by atoms with E-state index in [1.807, 2.05) is 0 Å². The van der Waals surface area contributed by atoms with E-state index in [2.05, 4.69) is 0 Å². The van der Waals surface area contributed by atoms with E-state index in [0.717, 1.165) is 18.8 Å². The summed E-state index contributed by atoms with van der Waals surface area (Å²) < 4.78 is 5.82. The Kier molecular flexibility index (Phi) is 1.48. The molecule has 0 amide bonds. The Hall–Kier alpha value is -0.530. The van der Waals surface area contributed by atoms with Crippen molar-refractivity contribution >= 4 is 5.97 Å². The Bertz CT molecular complexity index is 316. The molecule has 1 heterocycles. The summed E-state index contributed by atoms with van der Waals surface area (Å²) >= 11 is 0. The summed E-state index contributed by atoms with van der Waals surface area (Å²) in [5.41, 5.74) is 0.0155. The van der Waals surface area contributed by atoms with Crippen molar-refractivity contribution in [2.24, 2.45) is 23.7 Å². The van der Waals surface area contributed by atoms with Crippen LogP contribution in [0.15, 0.2) is 0 Å². The highest BCUT2D eigenvalue weighted by atomic mass is 16.6.